The minimum Gasteiger partial charge on any atom is -0.341 e. The molecule has 0 aliphatic carbocycles. The molecule has 5 heteroatoms. The van der Waals surface area contributed by atoms with Gasteiger partial charge in [-0.25, -0.2) is 0 Å². The van der Waals surface area contributed by atoms with Gasteiger partial charge in [-0.1, -0.05) is 0 Å². The fourth-order valence-corrected chi connectivity index (χ4v) is 2.87. The van der Waals surface area contributed by atoms with E-state index in [4.69, 9.17) is 5.26 Å². The summed E-state index contributed by atoms with van der Waals surface area (Å²) in [5.41, 5.74) is 1.05. The van der Waals surface area contributed by atoms with Crippen molar-refractivity contribution in [2.75, 3.05) is 19.6 Å². The van der Waals surface area contributed by atoms with E-state index in [1.807, 2.05) is 19.9 Å². The van der Waals surface area contributed by atoms with Gasteiger partial charge in [0.25, 0.3) is 5.91 Å². The maximum Gasteiger partial charge on any atom is 0.254 e. The number of benzene rings is 1. The van der Waals surface area contributed by atoms with E-state index in [-0.39, 0.29) is 17.9 Å². The first-order valence-corrected chi connectivity index (χ1v) is 7.72. The van der Waals surface area contributed by atoms with Gasteiger partial charge in [0, 0.05) is 25.2 Å². The van der Waals surface area contributed by atoms with Crippen molar-refractivity contribution in [1.82, 2.24) is 9.80 Å². The molecule has 0 bridgehead atoms. The van der Waals surface area contributed by atoms with E-state index in [1.54, 1.807) is 34.1 Å². The molecule has 1 aliphatic rings. The summed E-state index contributed by atoms with van der Waals surface area (Å²) in [5.74, 6) is -0.100. The first-order chi connectivity index (χ1) is 10.6. The van der Waals surface area contributed by atoms with Gasteiger partial charge in [-0.2, -0.15) is 5.26 Å². The number of hydrogen-bond acceptors (Lipinski definition) is 3. The maximum absolute atomic E-state index is 12.6. The number of nitrogens with zero attached hydrogens (tertiary/aromatic N) is 3. The highest BCUT2D eigenvalue weighted by molar-refractivity contribution is 5.98. The van der Waals surface area contributed by atoms with Crippen molar-refractivity contribution in [2.24, 2.45) is 0 Å². The van der Waals surface area contributed by atoms with E-state index in [0.717, 1.165) is 12.8 Å². The number of likely N-dealkylation sites (tertiary alicyclic amines) is 1. The second-order valence-electron chi connectivity index (χ2n) is 5.36. The van der Waals surface area contributed by atoms with E-state index in [0.29, 0.717) is 30.8 Å². The van der Waals surface area contributed by atoms with E-state index in [1.165, 1.54) is 0 Å². The van der Waals surface area contributed by atoms with Crippen LogP contribution < -0.4 is 0 Å². The monoisotopic (exact) mass is 299 g/mol. The van der Waals surface area contributed by atoms with Gasteiger partial charge in [0.1, 0.15) is 6.04 Å². The van der Waals surface area contributed by atoms with Crippen LogP contribution in [0.25, 0.3) is 0 Å². The molecule has 1 atom stereocenters. The molecule has 0 spiro atoms. The average molecular weight is 299 g/mol. The largest absolute Gasteiger partial charge is 0.341 e. The summed E-state index contributed by atoms with van der Waals surface area (Å²) in [5, 5.41) is 8.81. The summed E-state index contributed by atoms with van der Waals surface area (Å²) in [6.45, 7) is 5.82. The van der Waals surface area contributed by atoms with Crippen molar-refractivity contribution in [2.45, 2.75) is 32.7 Å². The Morgan fingerprint density at radius 1 is 1.27 bits per heavy atom. The average Bonchev–Trinajstić information content (AvgIpc) is 3.04. The number of carbonyl (C=O) groups is 2. The number of amides is 2. The molecule has 116 valence electrons. The maximum atomic E-state index is 12.6. The van der Waals surface area contributed by atoms with Crippen molar-refractivity contribution >= 4 is 11.8 Å². The lowest BCUT2D eigenvalue weighted by Crippen LogP contribution is -2.47. The molecular weight excluding hydrogens is 278 g/mol. The van der Waals surface area contributed by atoms with Crippen LogP contribution in [0.15, 0.2) is 24.3 Å². The zero-order chi connectivity index (χ0) is 16.1. The Bertz CT molecular complexity index is 585. The standard InChI is InChI=1S/C17H21N3O2/c1-3-19(4-2)17(22)15-6-5-11-20(15)16(21)14-9-7-13(12-18)8-10-14/h7-10,15H,3-6,11H2,1-2H3. The second kappa shape index (κ2) is 7.08. The summed E-state index contributed by atoms with van der Waals surface area (Å²) < 4.78 is 0. The van der Waals surface area contributed by atoms with Gasteiger partial charge in [-0.05, 0) is 51.0 Å². The summed E-state index contributed by atoms with van der Waals surface area (Å²) in [7, 11) is 0. The molecule has 1 fully saturated rings. The number of rotatable bonds is 4. The molecule has 0 saturated carbocycles. The van der Waals surface area contributed by atoms with Crippen molar-refractivity contribution in [3.63, 3.8) is 0 Å². The highest BCUT2D eigenvalue weighted by atomic mass is 16.2. The first-order valence-electron chi connectivity index (χ1n) is 7.72. The number of likely N-dealkylation sites (N-methyl/N-ethyl adjacent to an activating group) is 1. The Labute approximate surface area is 131 Å². The van der Waals surface area contributed by atoms with Crippen LogP contribution in [-0.2, 0) is 4.79 Å². The SMILES string of the molecule is CCN(CC)C(=O)C1CCCN1C(=O)c1ccc(C#N)cc1. The zero-order valence-corrected chi connectivity index (χ0v) is 13.1. The summed E-state index contributed by atoms with van der Waals surface area (Å²) >= 11 is 0. The zero-order valence-electron chi connectivity index (χ0n) is 13.1. The van der Waals surface area contributed by atoms with Gasteiger partial charge in [0.15, 0.2) is 0 Å². The fourth-order valence-electron chi connectivity index (χ4n) is 2.87. The minimum atomic E-state index is -0.358. The molecule has 0 aromatic heterocycles. The van der Waals surface area contributed by atoms with Crippen molar-refractivity contribution in [1.29, 1.82) is 5.26 Å². The van der Waals surface area contributed by atoms with E-state index in [9.17, 15) is 9.59 Å². The normalized spacial score (nSPS) is 17.1. The van der Waals surface area contributed by atoms with Gasteiger partial charge < -0.3 is 9.80 Å². The van der Waals surface area contributed by atoms with Crippen molar-refractivity contribution < 1.29 is 9.59 Å². The molecule has 2 amide bonds. The van der Waals surface area contributed by atoms with Crippen LogP contribution in [-0.4, -0.2) is 47.3 Å². The Kier molecular flexibility index (Phi) is 5.16. The lowest BCUT2D eigenvalue weighted by molar-refractivity contribution is -0.134. The van der Waals surface area contributed by atoms with Crippen LogP contribution in [0.4, 0.5) is 0 Å². The molecule has 0 radical (unpaired) electrons. The third-order valence-corrected chi connectivity index (χ3v) is 4.13. The predicted octanol–water partition coefficient (Wildman–Crippen LogP) is 2.03. The van der Waals surface area contributed by atoms with Gasteiger partial charge >= 0.3 is 0 Å². The molecule has 1 aliphatic heterocycles. The van der Waals surface area contributed by atoms with Gasteiger partial charge in [-0.15, -0.1) is 0 Å². The number of carbonyl (C=O) groups excluding carboxylic acids is 2. The highest BCUT2D eigenvalue weighted by Gasteiger charge is 2.36. The summed E-state index contributed by atoms with van der Waals surface area (Å²) in [4.78, 5) is 28.6. The minimum absolute atomic E-state index is 0.0319. The van der Waals surface area contributed by atoms with E-state index >= 15 is 0 Å². The molecule has 1 unspecified atom stereocenters. The Morgan fingerprint density at radius 3 is 2.45 bits per heavy atom. The lowest BCUT2D eigenvalue weighted by Gasteiger charge is -2.29. The van der Waals surface area contributed by atoms with Crippen LogP contribution in [0.1, 0.15) is 42.6 Å². The quantitative estimate of drug-likeness (QED) is 0.854. The molecular formula is C17H21N3O2. The Hall–Kier alpha value is -2.35. The topological polar surface area (TPSA) is 64.4 Å². The van der Waals surface area contributed by atoms with Crippen molar-refractivity contribution in [3.8, 4) is 6.07 Å². The number of nitriles is 1. The predicted molar refractivity (Wildman–Crippen MR) is 83.1 cm³/mol. The van der Waals surface area contributed by atoms with Gasteiger partial charge in [0.05, 0.1) is 11.6 Å². The van der Waals surface area contributed by atoms with E-state index in [2.05, 4.69) is 0 Å². The lowest BCUT2D eigenvalue weighted by atomic mass is 10.1. The molecule has 22 heavy (non-hydrogen) atoms. The van der Waals surface area contributed by atoms with Crippen LogP contribution in [0.3, 0.4) is 0 Å². The molecule has 1 aromatic rings. The third-order valence-electron chi connectivity index (χ3n) is 4.13. The summed E-state index contributed by atoms with van der Waals surface area (Å²) in [6, 6.07) is 8.24. The molecule has 1 heterocycles. The first kappa shape index (κ1) is 16.0. The van der Waals surface area contributed by atoms with Crippen LogP contribution in [0, 0.1) is 11.3 Å². The van der Waals surface area contributed by atoms with Crippen LogP contribution in [0.5, 0.6) is 0 Å². The highest BCUT2D eigenvalue weighted by Crippen LogP contribution is 2.22. The molecule has 2 rings (SSSR count). The third kappa shape index (κ3) is 3.11. The molecule has 5 nitrogen and oxygen atoms in total. The molecule has 0 N–H and O–H groups in total. The van der Waals surface area contributed by atoms with Crippen molar-refractivity contribution in [3.05, 3.63) is 35.4 Å². The Balaban J connectivity index is 2.17. The molecule has 1 aromatic carbocycles. The smallest absolute Gasteiger partial charge is 0.254 e. The van der Waals surface area contributed by atoms with Crippen LogP contribution in [0.2, 0.25) is 0 Å². The van der Waals surface area contributed by atoms with Gasteiger partial charge in [0.2, 0.25) is 5.91 Å². The summed E-state index contributed by atoms with van der Waals surface area (Å²) in [6.07, 6.45) is 1.57. The number of hydrogen-bond donors (Lipinski definition) is 0. The second-order valence-corrected chi connectivity index (χ2v) is 5.36. The van der Waals surface area contributed by atoms with Crippen LogP contribution >= 0.6 is 0 Å². The van der Waals surface area contributed by atoms with Gasteiger partial charge in [-0.3, -0.25) is 9.59 Å². The Morgan fingerprint density at radius 2 is 1.91 bits per heavy atom. The van der Waals surface area contributed by atoms with E-state index < -0.39 is 0 Å². The fraction of sp³-hybridized carbons (Fsp3) is 0.471. The molecule has 1 saturated heterocycles.